The zero-order valence-corrected chi connectivity index (χ0v) is 14.6. The molecule has 1 amide bonds. The summed E-state index contributed by atoms with van der Waals surface area (Å²) in [6.45, 7) is 4.43. The van der Waals surface area contributed by atoms with Gasteiger partial charge in [0.15, 0.2) is 5.69 Å². The minimum absolute atomic E-state index is 0.233. The topological polar surface area (TPSA) is 73.0 Å². The van der Waals surface area contributed by atoms with E-state index < -0.39 is 0 Å². The number of imidazole rings is 1. The zero-order chi connectivity index (χ0) is 18.1. The highest BCUT2D eigenvalue weighted by Gasteiger charge is 2.17. The molecule has 2 heterocycles. The molecule has 0 aliphatic heterocycles. The van der Waals surface area contributed by atoms with Gasteiger partial charge >= 0.3 is 0 Å². The number of anilines is 1. The summed E-state index contributed by atoms with van der Waals surface area (Å²) in [6.07, 6.45) is 0. The second-order valence-corrected chi connectivity index (χ2v) is 6.21. The van der Waals surface area contributed by atoms with Gasteiger partial charge in [0.25, 0.3) is 5.91 Å². The van der Waals surface area contributed by atoms with Gasteiger partial charge in [0.2, 0.25) is 5.95 Å². The van der Waals surface area contributed by atoms with E-state index in [0.717, 1.165) is 11.0 Å². The van der Waals surface area contributed by atoms with Gasteiger partial charge < -0.3 is 9.09 Å². The summed E-state index contributed by atoms with van der Waals surface area (Å²) in [4.78, 5) is 17.1. The fraction of sp³-hybridized carbons (Fsp3) is 0.150. The van der Waals surface area contributed by atoms with Gasteiger partial charge in [-0.1, -0.05) is 41.6 Å². The van der Waals surface area contributed by atoms with Crippen LogP contribution >= 0.6 is 0 Å². The fourth-order valence-corrected chi connectivity index (χ4v) is 2.93. The maximum absolute atomic E-state index is 12.5. The number of amides is 1. The lowest BCUT2D eigenvalue weighted by atomic mass is 10.1. The molecule has 0 unspecified atom stereocenters. The van der Waals surface area contributed by atoms with E-state index in [9.17, 15) is 4.79 Å². The lowest BCUT2D eigenvalue weighted by molar-refractivity contribution is 0.101. The molecule has 26 heavy (non-hydrogen) atoms. The first-order valence-electron chi connectivity index (χ1n) is 8.36. The number of hydrogen-bond acceptors (Lipinski definition) is 4. The van der Waals surface area contributed by atoms with Crippen molar-refractivity contribution in [3.05, 3.63) is 77.2 Å². The van der Waals surface area contributed by atoms with Crippen LogP contribution in [0.15, 0.2) is 59.1 Å². The molecule has 0 atom stereocenters. The number of rotatable bonds is 4. The number of aryl methyl sites for hydroxylation is 2. The van der Waals surface area contributed by atoms with Crippen molar-refractivity contribution < 1.29 is 9.32 Å². The molecule has 4 rings (SSSR count). The van der Waals surface area contributed by atoms with Crippen molar-refractivity contribution in [3.63, 3.8) is 0 Å². The van der Waals surface area contributed by atoms with Crippen LogP contribution in [0.4, 0.5) is 5.95 Å². The summed E-state index contributed by atoms with van der Waals surface area (Å²) in [5, 5.41) is 6.63. The number of para-hydroxylation sites is 2. The number of fused-ring (bicyclic) bond motifs is 1. The zero-order valence-electron chi connectivity index (χ0n) is 14.6. The Bertz CT molecular complexity index is 1090. The molecular formula is C20H18N4O2. The predicted octanol–water partition coefficient (Wildman–Crippen LogP) is 3.94. The summed E-state index contributed by atoms with van der Waals surface area (Å²) in [6, 6.07) is 17.6. The van der Waals surface area contributed by atoms with Crippen molar-refractivity contribution in [1.29, 1.82) is 0 Å². The van der Waals surface area contributed by atoms with E-state index in [1.54, 1.807) is 13.0 Å². The summed E-state index contributed by atoms with van der Waals surface area (Å²) in [5.74, 6) is 0.729. The van der Waals surface area contributed by atoms with E-state index in [1.807, 2.05) is 41.0 Å². The highest BCUT2D eigenvalue weighted by molar-refractivity contribution is 6.02. The Labute approximate surface area is 150 Å². The normalized spacial score (nSPS) is 11.0. The standard InChI is InChI=1S/C20H18N4O2/c1-13-7-3-4-8-15(13)12-24-18-10-6-5-9-16(18)21-20(24)22-19(25)17-11-14(2)26-23-17/h3-11H,12H2,1-2H3,(H,21,22,25). The van der Waals surface area contributed by atoms with Gasteiger partial charge in [0, 0.05) is 6.07 Å². The molecule has 0 saturated carbocycles. The van der Waals surface area contributed by atoms with E-state index in [-0.39, 0.29) is 11.6 Å². The molecular weight excluding hydrogens is 328 g/mol. The van der Waals surface area contributed by atoms with Gasteiger partial charge in [-0.25, -0.2) is 4.98 Å². The Morgan fingerprint density at radius 2 is 1.88 bits per heavy atom. The number of benzene rings is 2. The number of aromatic nitrogens is 3. The van der Waals surface area contributed by atoms with Gasteiger partial charge in [0.1, 0.15) is 5.76 Å². The van der Waals surface area contributed by atoms with Crippen LogP contribution in [0.5, 0.6) is 0 Å². The van der Waals surface area contributed by atoms with Crippen LogP contribution in [0.1, 0.15) is 27.4 Å². The number of hydrogen-bond donors (Lipinski definition) is 1. The summed E-state index contributed by atoms with van der Waals surface area (Å²) in [5.41, 5.74) is 4.38. The molecule has 2 aromatic heterocycles. The summed E-state index contributed by atoms with van der Waals surface area (Å²) < 4.78 is 6.99. The molecule has 6 heteroatoms. The van der Waals surface area contributed by atoms with Crippen LogP contribution in [0.2, 0.25) is 0 Å². The lowest BCUT2D eigenvalue weighted by Gasteiger charge is -2.11. The highest BCUT2D eigenvalue weighted by atomic mass is 16.5. The van der Waals surface area contributed by atoms with Gasteiger partial charge in [-0.3, -0.25) is 10.1 Å². The van der Waals surface area contributed by atoms with E-state index in [4.69, 9.17) is 4.52 Å². The third-order valence-electron chi connectivity index (χ3n) is 4.33. The van der Waals surface area contributed by atoms with Crippen molar-refractivity contribution in [2.24, 2.45) is 0 Å². The summed E-state index contributed by atoms with van der Waals surface area (Å²) in [7, 11) is 0. The molecule has 130 valence electrons. The molecule has 0 fully saturated rings. The minimum Gasteiger partial charge on any atom is -0.361 e. The largest absolute Gasteiger partial charge is 0.361 e. The van der Waals surface area contributed by atoms with Gasteiger partial charge in [-0.05, 0) is 37.1 Å². The number of nitrogens with one attached hydrogen (secondary N) is 1. The number of carbonyl (C=O) groups excluding carboxylic acids is 1. The van der Waals surface area contributed by atoms with Crippen LogP contribution in [0.25, 0.3) is 11.0 Å². The first-order chi connectivity index (χ1) is 12.6. The van der Waals surface area contributed by atoms with Crippen molar-refractivity contribution in [2.75, 3.05) is 5.32 Å². The Morgan fingerprint density at radius 3 is 2.65 bits per heavy atom. The van der Waals surface area contributed by atoms with Gasteiger partial charge in [0.05, 0.1) is 17.6 Å². The monoisotopic (exact) mass is 346 g/mol. The van der Waals surface area contributed by atoms with Crippen LogP contribution in [-0.2, 0) is 6.54 Å². The third-order valence-corrected chi connectivity index (χ3v) is 4.33. The van der Waals surface area contributed by atoms with Crippen molar-refractivity contribution in [1.82, 2.24) is 14.7 Å². The smallest absolute Gasteiger partial charge is 0.280 e. The fourth-order valence-electron chi connectivity index (χ4n) is 2.93. The number of carbonyl (C=O) groups is 1. The first kappa shape index (κ1) is 16.1. The average Bonchev–Trinajstić information content (AvgIpc) is 3.21. The SMILES string of the molecule is Cc1cc(C(=O)Nc2nc3ccccc3n2Cc2ccccc2C)no1. The van der Waals surface area contributed by atoms with Crippen LogP contribution in [-0.4, -0.2) is 20.6 Å². The Kier molecular flexibility index (Phi) is 4.01. The van der Waals surface area contributed by atoms with Crippen molar-refractivity contribution >= 4 is 22.9 Å². The van der Waals surface area contributed by atoms with Crippen molar-refractivity contribution in [2.45, 2.75) is 20.4 Å². The minimum atomic E-state index is -0.344. The second kappa shape index (κ2) is 6.48. The molecule has 1 N–H and O–H groups in total. The molecule has 0 saturated heterocycles. The second-order valence-electron chi connectivity index (χ2n) is 6.21. The molecule has 0 aliphatic rings. The Balaban J connectivity index is 1.74. The predicted molar refractivity (Wildman–Crippen MR) is 99.2 cm³/mol. The molecule has 0 spiro atoms. The van der Waals surface area contributed by atoms with E-state index in [2.05, 4.69) is 34.5 Å². The maximum atomic E-state index is 12.5. The third kappa shape index (κ3) is 2.97. The average molecular weight is 346 g/mol. The van der Waals surface area contributed by atoms with Crippen LogP contribution in [0.3, 0.4) is 0 Å². The van der Waals surface area contributed by atoms with E-state index >= 15 is 0 Å². The van der Waals surface area contributed by atoms with Gasteiger partial charge in [-0.15, -0.1) is 0 Å². The first-order valence-corrected chi connectivity index (χ1v) is 8.36. The molecule has 4 aromatic rings. The quantitative estimate of drug-likeness (QED) is 0.607. The maximum Gasteiger partial charge on any atom is 0.280 e. The molecule has 0 radical (unpaired) electrons. The lowest BCUT2D eigenvalue weighted by Crippen LogP contribution is -2.17. The van der Waals surface area contributed by atoms with Crippen LogP contribution < -0.4 is 5.32 Å². The molecule has 0 aliphatic carbocycles. The molecule has 6 nitrogen and oxygen atoms in total. The Morgan fingerprint density at radius 1 is 1.12 bits per heavy atom. The van der Waals surface area contributed by atoms with Crippen LogP contribution in [0, 0.1) is 13.8 Å². The highest BCUT2D eigenvalue weighted by Crippen LogP contribution is 2.22. The number of nitrogens with zero attached hydrogens (tertiary/aromatic N) is 3. The van der Waals surface area contributed by atoms with Gasteiger partial charge in [-0.2, -0.15) is 0 Å². The van der Waals surface area contributed by atoms with Crippen molar-refractivity contribution in [3.8, 4) is 0 Å². The molecule has 2 aromatic carbocycles. The van der Waals surface area contributed by atoms with E-state index in [0.29, 0.717) is 18.3 Å². The summed E-state index contributed by atoms with van der Waals surface area (Å²) >= 11 is 0. The van der Waals surface area contributed by atoms with E-state index in [1.165, 1.54) is 11.1 Å². The molecule has 0 bridgehead atoms. The Hall–Kier alpha value is -3.41.